The van der Waals surface area contributed by atoms with Crippen molar-refractivity contribution in [1.82, 2.24) is 15.3 Å². The Hall–Kier alpha value is -0.970. The smallest absolute Gasteiger partial charge is 0.271 e. The Balaban J connectivity index is 2.54. The van der Waals surface area contributed by atoms with Crippen molar-refractivity contribution >= 4 is 21.8 Å². The Kier molecular flexibility index (Phi) is 3.66. The van der Waals surface area contributed by atoms with E-state index in [0.717, 1.165) is 5.33 Å². The zero-order valence-corrected chi connectivity index (χ0v) is 7.91. The molecule has 1 amide bonds. The van der Waals surface area contributed by atoms with Crippen LogP contribution >= 0.6 is 15.9 Å². The Labute approximate surface area is 78.5 Å². The van der Waals surface area contributed by atoms with E-state index >= 15 is 0 Å². The number of aromatic nitrogens is 2. The quantitative estimate of drug-likeness (QED) is 0.773. The molecule has 0 atom stereocenters. The van der Waals surface area contributed by atoms with Gasteiger partial charge in [-0.2, -0.15) is 0 Å². The van der Waals surface area contributed by atoms with Crippen LogP contribution in [-0.4, -0.2) is 27.7 Å². The molecule has 1 aromatic heterocycles. The topological polar surface area (TPSA) is 54.9 Å². The lowest BCUT2D eigenvalue weighted by Crippen LogP contribution is -2.26. The first-order chi connectivity index (χ1) is 5.84. The van der Waals surface area contributed by atoms with Crippen molar-refractivity contribution in [2.45, 2.75) is 0 Å². The summed E-state index contributed by atoms with van der Waals surface area (Å²) >= 11 is 3.20. The fraction of sp³-hybridized carbons (Fsp3) is 0.286. The number of hydrogen-bond acceptors (Lipinski definition) is 3. The molecule has 0 unspecified atom stereocenters. The van der Waals surface area contributed by atoms with Crippen molar-refractivity contribution in [2.24, 2.45) is 0 Å². The third kappa shape index (κ3) is 2.58. The van der Waals surface area contributed by atoms with Crippen LogP contribution in [0.15, 0.2) is 18.6 Å². The highest BCUT2D eigenvalue weighted by Crippen LogP contribution is 1.89. The molecule has 1 heterocycles. The summed E-state index contributed by atoms with van der Waals surface area (Å²) in [6.07, 6.45) is 4.45. The maximum absolute atomic E-state index is 11.2. The lowest BCUT2D eigenvalue weighted by Gasteiger charge is -1.99. The Morgan fingerprint density at radius 2 is 2.42 bits per heavy atom. The third-order valence-corrected chi connectivity index (χ3v) is 1.57. The molecule has 4 nitrogen and oxygen atoms in total. The van der Waals surface area contributed by atoms with Crippen molar-refractivity contribution in [1.29, 1.82) is 0 Å². The van der Waals surface area contributed by atoms with Gasteiger partial charge in [0.2, 0.25) is 0 Å². The predicted octanol–water partition coefficient (Wildman–Crippen LogP) is 0.601. The summed E-state index contributed by atoms with van der Waals surface area (Å²) in [5.41, 5.74) is 0.346. The number of halogens is 1. The highest BCUT2D eigenvalue weighted by atomic mass is 79.9. The van der Waals surface area contributed by atoms with Crippen molar-refractivity contribution in [3.63, 3.8) is 0 Å². The van der Waals surface area contributed by atoms with Crippen LogP contribution in [0.2, 0.25) is 0 Å². The van der Waals surface area contributed by atoms with Crippen LogP contribution < -0.4 is 5.32 Å². The molecule has 64 valence electrons. The van der Waals surface area contributed by atoms with Crippen molar-refractivity contribution in [3.05, 3.63) is 24.3 Å². The van der Waals surface area contributed by atoms with Gasteiger partial charge in [0.1, 0.15) is 5.69 Å². The zero-order valence-electron chi connectivity index (χ0n) is 6.33. The molecule has 0 radical (unpaired) electrons. The van der Waals surface area contributed by atoms with E-state index in [1.54, 1.807) is 0 Å². The third-order valence-electron chi connectivity index (χ3n) is 1.18. The summed E-state index contributed by atoms with van der Waals surface area (Å²) < 4.78 is 0. The van der Waals surface area contributed by atoms with Crippen LogP contribution in [0.4, 0.5) is 0 Å². The lowest BCUT2D eigenvalue weighted by atomic mass is 10.4. The van der Waals surface area contributed by atoms with E-state index in [1.807, 2.05) is 0 Å². The van der Waals surface area contributed by atoms with Gasteiger partial charge in [-0.3, -0.25) is 9.78 Å². The largest absolute Gasteiger partial charge is 0.350 e. The molecular weight excluding hydrogens is 222 g/mol. The van der Waals surface area contributed by atoms with Crippen LogP contribution in [-0.2, 0) is 0 Å². The molecule has 1 aromatic rings. The first kappa shape index (κ1) is 9.12. The second kappa shape index (κ2) is 4.82. The average molecular weight is 230 g/mol. The molecule has 0 aliphatic heterocycles. The molecule has 12 heavy (non-hydrogen) atoms. The van der Waals surface area contributed by atoms with Gasteiger partial charge in [0.05, 0.1) is 6.20 Å². The van der Waals surface area contributed by atoms with Gasteiger partial charge in [-0.15, -0.1) is 0 Å². The second-order valence-electron chi connectivity index (χ2n) is 2.04. The highest BCUT2D eigenvalue weighted by molar-refractivity contribution is 9.09. The minimum absolute atomic E-state index is 0.192. The van der Waals surface area contributed by atoms with Gasteiger partial charge in [0.15, 0.2) is 0 Å². The van der Waals surface area contributed by atoms with Gasteiger partial charge in [0.25, 0.3) is 5.91 Å². The molecule has 0 bridgehead atoms. The van der Waals surface area contributed by atoms with Crippen LogP contribution in [0.1, 0.15) is 10.5 Å². The summed E-state index contributed by atoms with van der Waals surface area (Å²) in [6.45, 7) is 0.593. The first-order valence-corrected chi connectivity index (χ1v) is 4.57. The molecule has 0 fully saturated rings. The standard InChI is InChI=1S/C7H8BrN3O/c8-1-2-11-7(12)6-5-9-3-4-10-6/h3-5H,1-2H2,(H,11,12). The van der Waals surface area contributed by atoms with Crippen LogP contribution in [0, 0.1) is 0 Å². The van der Waals surface area contributed by atoms with Gasteiger partial charge in [-0.1, -0.05) is 15.9 Å². The fourth-order valence-corrected chi connectivity index (χ4v) is 0.866. The van der Waals surface area contributed by atoms with Gasteiger partial charge >= 0.3 is 0 Å². The number of rotatable bonds is 3. The minimum atomic E-state index is -0.192. The van der Waals surface area contributed by atoms with Crippen molar-refractivity contribution in [2.75, 3.05) is 11.9 Å². The van der Waals surface area contributed by atoms with Crippen molar-refractivity contribution in [3.8, 4) is 0 Å². The monoisotopic (exact) mass is 229 g/mol. The lowest BCUT2D eigenvalue weighted by molar-refractivity contribution is 0.0951. The van der Waals surface area contributed by atoms with Crippen molar-refractivity contribution < 1.29 is 4.79 Å². The summed E-state index contributed by atoms with van der Waals surface area (Å²) in [5, 5.41) is 3.40. The number of alkyl halides is 1. The van der Waals surface area contributed by atoms with Gasteiger partial charge in [-0.25, -0.2) is 4.98 Å². The van der Waals surface area contributed by atoms with E-state index < -0.39 is 0 Å². The Morgan fingerprint density at radius 1 is 1.58 bits per heavy atom. The molecule has 5 heteroatoms. The Morgan fingerprint density at radius 3 is 3.00 bits per heavy atom. The number of amides is 1. The highest BCUT2D eigenvalue weighted by Gasteiger charge is 2.03. The van der Waals surface area contributed by atoms with E-state index in [1.165, 1.54) is 18.6 Å². The number of carbonyl (C=O) groups excluding carboxylic acids is 1. The van der Waals surface area contributed by atoms with E-state index in [9.17, 15) is 4.79 Å². The van der Waals surface area contributed by atoms with Crippen LogP contribution in [0.3, 0.4) is 0 Å². The van der Waals surface area contributed by atoms with E-state index in [2.05, 4.69) is 31.2 Å². The molecule has 0 saturated heterocycles. The number of hydrogen-bond donors (Lipinski definition) is 1. The maximum Gasteiger partial charge on any atom is 0.271 e. The molecule has 0 spiro atoms. The van der Waals surface area contributed by atoms with Crippen LogP contribution in [0.25, 0.3) is 0 Å². The number of nitrogens with zero attached hydrogens (tertiary/aromatic N) is 2. The fourth-order valence-electron chi connectivity index (χ4n) is 0.668. The summed E-state index contributed by atoms with van der Waals surface area (Å²) in [7, 11) is 0. The first-order valence-electron chi connectivity index (χ1n) is 3.45. The normalized spacial score (nSPS) is 9.42. The Bertz CT molecular complexity index is 252. The molecule has 0 saturated carbocycles. The zero-order chi connectivity index (χ0) is 8.81. The molecule has 0 aliphatic carbocycles. The second-order valence-corrected chi connectivity index (χ2v) is 2.83. The van der Waals surface area contributed by atoms with E-state index in [0.29, 0.717) is 12.2 Å². The van der Waals surface area contributed by atoms with E-state index in [-0.39, 0.29) is 5.91 Å². The SMILES string of the molecule is O=C(NCCBr)c1cnccn1. The molecule has 0 aromatic carbocycles. The van der Waals surface area contributed by atoms with E-state index in [4.69, 9.17) is 0 Å². The molecule has 1 N–H and O–H groups in total. The van der Waals surface area contributed by atoms with Crippen LogP contribution in [0.5, 0.6) is 0 Å². The summed E-state index contributed by atoms with van der Waals surface area (Å²) in [5.74, 6) is -0.192. The maximum atomic E-state index is 11.2. The summed E-state index contributed by atoms with van der Waals surface area (Å²) in [4.78, 5) is 18.8. The number of nitrogens with one attached hydrogen (secondary N) is 1. The average Bonchev–Trinajstić information content (AvgIpc) is 2.15. The number of carbonyl (C=O) groups is 1. The predicted molar refractivity (Wildman–Crippen MR) is 48.2 cm³/mol. The minimum Gasteiger partial charge on any atom is -0.350 e. The van der Waals surface area contributed by atoms with Gasteiger partial charge in [-0.05, 0) is 0 Å². The molecule has 0 aliphatic rings. The van der Waals surface area contributed by atoms with Gasteiger partial charge in [0, 0.05) is 24.3 Å². The molecular formula is C7H8BrN3O. The molecule has 1 rings (SSSR count). The summed E-state index contributed by atoms with van der Waals surface area (Å²) in [6, 6.07) is 0. The van der Waals surface area contributed by atoms with Gasteiger partial charge < -0.3 is 5.32 Å².